The zero-order chi connectivity index (χ0) is 23.4. The summed E-state index contributed by atoms with van der Waals surface area (Å²) in [6.45, 7) is 2.27. The molecule has 0 aromatic heterocycles. The van der Waals surface area contributed by atoms with Crippen LogP contribution in [0.5, 0.6) is 0 Å². The molecule has 0 fully saturated rings. The van der Waals surface area contributed by atoms with Gasteiger partial charge in [-0.2, -0.15) is 0 Å². The van der Waals surface area contributed by atoms with Crippen molar-refractivity contribution in [1.82, 2.24) is 0 Å². The first kappa shape index (κ1) is 23.1. The highest BCUT2D eigenvalue weighted by molar-refractivity contribution is 5.68. The Kier molecular flexibility index (Phi) is 8.35. The number of rotatable bonds is 6. The van der Waals surface area contributed by atoms with E-state index in [0.717, 1.165) is 12.8 Å². The summed E-state index contributed by atoms with van der Waals surface area (Å²) < 4.78 is 0. The van der Waals surface area contributed by atoms with Gasteiger partial charge in [0.15, 0.2) is 0 Å². The molecule has 0 radical (unpaired) electrons. The second-order valence-electron chi connectivity index (χ2n) is 8.14. The monoisotopic (exact) mass is 444 g/mol. The molecule has 1 aliphatic rings. The van der Waals surface area contributed by atoms with Gasteiger partial charge in [-0.25, -0.2) is 0 Å². The van der Waals surface area contributed by atoms with Crippen LogP contribution in [0, 0.1) is 0 Å². The number of anilines is 3. The normalized spacial score (nSPS) is 13.1. The van der Waals surface area contributed by atoms with Crippen molar-refractivity contribution in [3.05, 3.63) is 151 Å². The molecule has 0 saturated carbocycles. The molecule has 0 heterocycles. The van der Waals surface area contributed by atoms with Crippen LogP contribution < -0.4 is 9.80 Å². The summed E-state index contributed by atoms with van der Waals surface area (Å²) >= 11 is 0. The van der Waals surface area contributed by atoms with Gasteiger partial charge in [0.2, 0.25) is 0 Å². The fourth-order valence-electron chi connectivity index (χ4n) is 4.21. The molecule has 0 saturated heterocycles. The Morgan fingerprint density at radius 2 is 0.882 bits per heavy atom. The second-order valence-corrected chi connectivity index (χ2v) is 8.14. The Labute approximate surface area is 204 Å². The molecule has 170 valence electrons. The summed E-state index contributed by atoms with van der Waals surface area (Å²) in [6.07, 6.45) is 9.16. The first-order valence-electron chi connectivity index (χ1n) is 11.9. The van der Waals surface area contributed by atoms with Gasteiger partial charge in [0, 0.05) is 22.8 Å². The lowest BCUT2D eigenvalue weighted by molar-refractivity contribution is 0.697. The third kappa shape index (κ3) is 6.05. The topological polar surface area (TPSA) is 6.48 Å². The molecule has 5 rings (SSSR count). The standard InChI is InChI=1S/C26H26N2.C6H6/c1-22(27(23-14-6-2-7-15-23)24-16-8-3-9-17-24)28(25-18-10-4-11-19-25)26-20-12-5-13-21-26;1-2-4-6-5-3-1/h2-4,6-12,14-22H,5,13H2,1H3;1-6H. The minimum Gasteiger partial charge on any atom is -0.321 e. The average Bonchev–Trinajstić information content (AvgIpc) is 2.93. The van der Waals surface area contributed by atoms with Gasteiger partial charge in [-0.15, -0.1) is 0 Å². The molecule has 4 aromatic carbocycles. The summed E-state index contributed by atoms with van der Waals surface area (Å²) in [4.78, 5) is 4.83. The second kappa shape index (κ2) is 12.3. The third-order valence-corrected chi connectivity index (χ3v) is 5.77. The van der Waals surface area contributed by atoms with Crippen molar-refractivity contribution < 1.29 is 0 Å². The van der Waals surface area contributed by atoms with E-state index in [0.29, 0.717) is 0 Å². The molecular formula is C32H32N2. The molecule has 2 heteroatoms. The molecule has 1 aliphatic carbocycles. The minimum absolute atomic E-state index is 0.0983. The van der Waals surface area contributed by atoms with Crippen molar-refractivity contribution in [3.8, 4) is 0 Å². The molecule has 0 N–H and O–H groups in total. The molecule has 1 atom stereocenters. The Balaban J connectivity index is 0.000000398. The van der Waals surface area contributed by atoms with Gasteiger partial charge in [-0.05, 0) is 62.2 Å². The molecule has 0 aliphatic heterocycles. The Bertz CT molecular complexity index is 1090. The Morgan fingerprint density at radius 3 is 1.26 bits per heavy atom. The fraction of sp³-hybridized carbons (Fsp3) is 0.125. The first-order chi connectivity index (χ1) is 16.8. The van der Waals surface area contributed by atoms with Crippen molar-refractivity contribution >= 4 is 17.1 Å². The Hall–Kier alpha value is -4.04. The number of hydrogen-bond donors (Lipinski definition) is 0. The van der Waals surface area contributed by atoms with Gasteiger partial charge in [-0.3, -0.25) is 0 Å². The zero-order valence-electron chi connectivity index (χ0n) is 19.7. The summed E-state index contributed by atoms with van der Waals surface area (Å²) in [7, 11) is 0. The minimum atomic E-state index is 0.0983. The van der Waals surface area contributed by atoms with Gasteiger partial charge in [0.25, 0.3) is 0 Å². The van der Waals surface area contributed by atoms with Gasteiger partial charge >= 0.3 is 0 Å². The van der Waals surface area contributed by atoms with E-state index in [9.17, 15) is 0 Å². The van der Waals surface area contributed by atoms with Gasteiger partial charge in [0.1, 0.15) is 6.17 Å². The van der Waals surface area contributed by atoms with Gasteiger partial charge in [-0.1, -0.05) is 103 Å². The highest BCUT2D eigenvalue weighted by atomic mass is 15.4. The fourth-order valence-corrected chi connectivity index (χ4v) is 4.21. The van der Waals surface area contributed by atoms with E-state index in [2.05, 4.69) is 126 Å². The number of benzene rings is 4. The molecule has 0 spiro atoms. The van der Waals surface area contributed by atoms with Gasteiger partial charge < -0.3 is 9.80 Å². The maximum absolute atomic E-state index is 2.43. The first-order valence-corrected chi connectivity index (χ1v) is 11.9. The third-order valence-electron chi connectivity index (χ3n) is 5.77. The highest BCUT2D eigenvalue weighted by Gasteiger charge is 2.25. The van der Waals surface area contributed by atoms with Crippen LogP contribution in [-0.4, -0.2) is 6.17 Å². The molecule has 34 heavy (non-hydrogen) atoms. The average molecular weight is 445 g/mol. The SMILES string of the molecule is CC(N(C1=CCCC=C1)c1ccccc1)N(c1ccccc1)c1ccccc1.c1ccccc1. The van der Waals surface area contributed by atoms with Crippen LogP contribution in [-0.2, 0) is 0 Å². The summed E-state index contributed by atoms with van der Waals surface area (Å²) in [5, 5.41) is 0. The maximum atomic E-state index is 2.43. The van der Waals surface area contributed by atoms with E-state index in [1.165, 1.54) is 22.8 Å². The van der Waals surface area contributed by atoms with Crippen molar-refractivity contribution in [2.75, 3.05) is 9.80 Å². The summed E-state index contributed by atoms with van der Waals surface area (Å²) in [5.41, 5.74) is 4.82. The number of nitrogens with zero attached hydrogens (tertiary/aromatic N) is 2. The smallest absolute Gasteiger partial charge is 0.108 e. The lowest BCUT2D eigenvalue weighted by Gasteiger charge is -2.41. The lowest BCUT2D eigenvalue weighted by Crippen LogP contribution is -2.44. The largest absolute Gasteiger partial charge is 0.321 e. The van der Waals surface area contributed by atoms with E-state index >= 15 is 0 Å². The molecule has 0 bridgehead atoms. The van der Waals surface area contributed by atoms with Crippen LogP contribution in [0.2, 0.25) is 0 Å². The molecule has 1 unspecified atom stereocenters. The van der Waals surface area contributed by atoms with Crippen LogP contribution in [0.1, 0.15) is 19.8 Å². The molecule has 0 amide bonds. The van der Waals surface area contributed by atoms with Crippen molar-refractivity contribution in [3.63, 3.8) is 0 Å². The lowest BCUT2D eigenvalue weighted by atomic mass is 10.1. The number of para-hydroxylation sites is 3. The summed E-state index contributed by atoms with van der Waals surface area (Å²) in [5.74, 6) is 0. The van der Waals surface area contributed by atoms with Crippen molar-refractivity contribution in [1.29, 1.82) is 0 Å². The molecule has 2 nitrogen and oxygen atoms in total. The van der Waals surface area contributed by atoms with Crippen LogP contribution in [0.15, 0.2) is 151 Å². The van der Waals surface area contributed by atoms with Crippen molar-refractivity contribution in [2.45, 2.75) is 25.9 Å². The van der Waals surface area contributed by atoms with E-state index in [1.54, 1.807) is 0 Å². The van der Waals surface area contributed by atoms with Crippen molar-refractivity contribution in [2.24, 2.45) is 0 Å². The quantitative estimate of drug-likeness (QED) is 0.275. The van der Waals surface area contributed by atoms with E-state index in [-0.39, 0.29) is 6.17 Å². The highest BCUT2D eigenvalue weighted by Crippen LogP contribution is 2.34. The van der Waals surface area contributed by atoms with Crippen LogP contribution in [0.4, 0.5) is 17.1 Å². The maximum Gasteiger partial charge on any atom is 0.108 e. The Morgan fingerprint density at radius 1 is 0.500 bits per heavy atom. The van der Waals surface area contributed by atoms with Crippen LogP contribution in [0.25, 0.3) is 0 Å². The van der Waals surface area contributed by atoms with E-state index in [1.807, 2.05) is 36.4 Å². The number of hydrogen-bond acceptors (Lipinski definition) is 2. The number of allylic oxidation sites excluding steroid dienone is 3. The van der Waals surface area contributed by atoms with Crippen LogP contribution >= 0.6 is 0 Å². The predicted octanol–water partition coefficient (Wildman–Crippen LogP) is 8.60. The predicted molar refractivity (Wildman–Crippen MR) is 146 cm³/mol. The van der Waals surface area contributed by atoms with Gasteiger partial charge in [0.05, 0.1) is 0 Å². The van der Waals surface area contributed by atoms with E-state index < -0.39 is 0 Å². The van der Waals surface area contributed by atoms with E-state index in [4.69, 9.17) is 0 Å². The summed E-state index contributed by atoms with van der Waals surface area (Å²) in [6, 6.07) is 43.9. The molecular weight excluding hydrogens is 412 g/mol. The zero-order valence-corrected chi connectivity index (χ0v) is 19.7. The van der Waals surface area contributed by atoms with Crippen LogP contribution in [0.3, 0.4) is 0 Å². The molecule has 4 aromatic rings.